The minimum atomic E-state index is -0.683. The number of aryl methyl sites for hydroxylation is 4. The third-order valence-corrected chi connectivity index (χ3v) is 7.30. The fraction of sp³-hybridized carbons (Fsp3) is 0.560. The maximum Gasteiger partial charge on any atom is 0.338 e. The Hall–Kier alpha value is -3.23. The van der Waals surface area contributed by atoms with Crippen LogP contribution in [0.1, 0.15) is 68.2 Å². The lowest BCUT2D eigenvalue weighted by atomic mass is 9.76. The molecule has 34 heavy (non-hydrogen) atoms. The zero-order valence-corrected chi connectivity index (χ0v) is 20.1. The summed E-state index contributed by atoms with van der Waals surface area (Å²) in [7, 11) is 0. The number of aliphatic hydroxyl groups is 1. The summed E-state index contributed by atoms with van der Waals surface area (Å²) >= 11 is 0. The number of fused-ring (bicyclic) bond motifs is 1. The molecule has 0 bridgehead atoms. The fourth-order valence-corrected chi connectivity index (χ4v) is 5.49. The number of hydrogen-bond acceptors (Lipinski definition) is 7. The maximum atomic E-state index is 13.2. The summed E-state index contributed by atoms with van der Waals surface area (Å²) in [6, 6.07) is 1.93. The van der Waals surface area contributed by atoms with E-state index >= 15 is 0 Å². The van der Waals surface area contributed by atoms with Crippen molar-refractivity contribution in [1.29, 1.82) is 0 Å². The Kier molecular flexibility index (Phi) is 5.87. The van der Waals surface area contributed by atoms with E-state index in [0.717, 1.165) is 55.6 Å². The van der Waals surface area contributed by atoms with E-state index in [2.05, 4.69) is 27.1 Å². The first-order valence-corrected chi connectivity index (χ1v) is 12.2. The van der Waals surface area contributed by atoms with Crippen molar-refractivity contribution in [1.82, 2.24) is 29.4 Å². The summed E-state index contributed by atoms with van der Waals surface area (Å²) in [5, 5.41) is 20.0. The third kappa shape index (κ3) is 4.19. The Morgan fingerprint density at radius 3 is 2.74 bits per heavy atom. The molecule has 0 saturated heterocycles. The lowest BCUT2D eigenvalue weighted by molar-refractivity contribution is -0.167. The quantitative estimate of drug-likeness (QED) is 0.530. The van der Waals surface area contributed by atoms with Crippen LogP contribution in [0, 0.1) is 19.8 Å². The molecule has 1 fully saturated rings. The number of aliphatic hydroxyl groups excluding tert-OH is 1. The first-order valence-electron chi connectivity index (χ1n) is 12.2. The fourth-order valence-electron chi connectivity index (χ4n) is 5.49. The van der Waals surface area contributed by atoms with Crippen LogP contribution in [0.2, 0.25) is 0 Å². The molecule has 4 heterocycles. The van der Waals surface area contributed by atoms with Gasteiger partial charge in [0.2, 0.25) is 0 Å². The molecule has 1 aliphatic heterocycles. The van der Waals surface area contributed by atoms with Crippen LogP contribution in [-0.4, -0.2) is 46.0 Å². The number of cyclic esters (lactones) is 1. The number of rotatable bonds is 7. The molecule has 0 spiro atoms. The number of nitrogens with zero attached hydrogens (tertiary/aromatic N) is 6. The van der Waals surface area contributed by atoms with Gasteiger partial charge in [-0.1, -0.05) is 12.8 Å². The highest BCUT2D eigenvalue weighted by Gasteiger charge is 2.48. The highest BCUT2D eigenvalue weighted by atomic mass is 16.6. The van der Waals surface area contributed by atoms with E-state index < -0.39 is 11.6 Å². The van der Waals surface area contributed by atoms with Gasteiger partial charge < -0.3 is 9.84 Å². The topological polar surface area (TPSA) is 107 Å². The van der Waals surface area contributed by atoms with E-state index in [1.807, 2.05) is 37.0 Å². The summed E-state index contributed by atoms with van der Waals surface area (Å²) in [6.07, 6.45) is 10.1. The van der Waals surface area contributed by atoms with Crippen LogP contribution in [0.4, 0.5) is 0 Å². The molecule has 1 saturated carbocycles. The van der Waals surface area contributed by atoms with Crippen LogP contribution in [0.25, 0.3) is 5.78 Å². The minimum Gasteiger partial charge on any atom is -0.512 e. The van der Waals surface area contributed by atoms with E-state index in [0.29, 0.717) is 24.4 Å². The van der Waals surface area contributed by atoms with Gasteiger partial charge in [-0.15, -0.1) is 5.10 Å². The van der Waals surface area contributed by atoms with Crippen molar-refractivity contribution in [2.45, 2.75) is 84.3 Å². The second-order valence-corrected chi connectivity index (χ2v) is 9.70. The predicted octanol–water partition coefficient (Wildman–Crippen LogP) is 3.82. The Morgan fingerprint density at radius 1 is 1.24 bits per heavy atom. The molecule has 9 heteroatoms. The molecule has 3 aromatic heterocycles. The predicted molar refractivity (Wildman–Crippen MR) is 125 cm³/mol. The second kappa shape index (κ2) is 8.85. The van der Waals surface area contributed by atoms with Gasteiger partial charge in [0.15, 0.2) is 5.82 Å². The van der Waals surface area contributed by atoms with Gasteiger partial charge >= 0.3 is 5.97 Å². The summed E-state index contributed by atoms with van der Waals surface area (Å²) in [5.41, 5.74) is 2.46. The van der Waals surface area contributed by atoms with Crippen LogP contribution in [0.5, 0.6) is 0 Å². The molecule has 1 atom stereocenters. The third-order valence-electron chi connectivity index (χ3n) is 7.30. The van der Waals surface area contributed by atoms with Gasteiger partial charge in [0.1, 0.15) is 11.4 Å². The van der Waals surface area contributed by atoms with Crippen molar-refractivity contribution in [3.05, 3.63) is 52.6 Å². The van der Waals surface area contributed by atoms with Gasteiger partial charge in [-0.3, -0.25) is 4.68 Å². The summed E-state index contributed by atoms with van der Waals surface area (Å²) in [6.45, 7) is 6.72. The molecule has 3 aromatic rings. The van der Waals surface area contributed by atoms with Gasteiger partial charge in [-0.05, 0) is 64.0 Å². The Morgan fingerprint density at radius 2 is 2.03 bits per heavy atom. The number of carbonyl (C=O) groups is 1. The highest BCUT2D eigenvalue weighted by molar-refractivity contribution is 5.90. The number of esters is 1. The Labute approximate surface area is 198 Å². The molecule has 1 N–H and O–H groups in total. The Bertz CT molecular complexity index is 1250. The van der Waals surface area contributed by atoms with Crippen LogP contribution < -0.4 is 0 Å². The molecule has 5 rings (SSSR count). The Balaban J connectivity index is 1.40. The molecule has 2 aliphatic rings. The number of ether oxygens (including phenoxy) is 1. The molecule has 0 radical (unpaired) electrons. The summed E-state index contributed by atoms with van der Waals surface area (Å²) in [5.74, 6) is 0.834. The molecular weight excluding hydrogens is 432 g/mol. The standard InChI is InChI=1S/C25H32N6O3/c1-4-30-15-18(14-26-30)9-10-25(19-7-5-6-8-19)13-21(32)20(23(33)34-25)12-22-28-24-27-16(2)11-17(3)31(24)29-22/h11,14-15,19,32H,4-10,12-13H2,1-3H3. The molecule has 0 aromatic carbocycles. The number of carbonyl (C=O) groups excluding carboxylic acids is 1. The van der Waals surface area contributed by atoms with Gasteiger partial charge in [0.25, 0.3) is 5.78 Å². The highest BCUT2D eigenvalue weighted by Crippen LogP contribution is 2.46. The smallest absolute Gasteiger partial charge is 0.338 e. The lowest BCUT2D eigenvalue weighted by Gasteiger charge is -2.41. The van der Waals surface area contributed by atoms with Crippen molar-refractivity contribution in [2.75, 3.05) is 0 Å². The van der Waals surface area contributed by atoms with Crippen molar-refractivity contribution in [3.8, 4) is 0 Å². The zero-order chi connectivity index (χ0) is 23.9. The molecular formula is C25H32N6O3. The first-order chi connectivity index (χ1) is 16.4. The molecule has 0 amide bonds. The van der Waals surface area contributed by atoms with Crippen molar-refractivity contribution >= 4 is 11.7 Å². The van der Waals surface area contributed by atoms with Crippen molar-refractivity contribution in [3.63, 3.8) is 0 Å². The minimum absolute atomic E-state index is 0.104. The van der Waals surface area contributed by atoms with Gasteiger partial charge in [0, 0.05) is 37.0 Å². The van der Waals surface area contributed by atoms with E-state index in [-0.39, 0.29) is 23.7 Å². The van der Waals surface area contributed by atoms with Crippen LogP contribution in [-0.2, 0) is 28.9 Å². The first kappa shape index (κ1) is 22.6. The van der Waals surface area contributed by atoms with E-state index in [1.54, 1.807) is 4.52 Å². The number of hydrogen-bond donors (Lipinski definition) is 1. The van der Waals surface area contributed by atoms with Crippen molar-refractivity contribution in [2.24, 2.45) is 5.92 Å². The largest absolute Gasteiger partial charge is 0.512 e. The average Bonchev–Trinajstić information content (AvgIpc) is 3.55. The molecule has 1 unspecified atom stereocenters. The number of aromatic nitrogens is 6. The van der Waals surface area contributed by atoms with Crippen molar-refractivity contribution < 1.29 is 14.6 Å². The van der Waals surface area contributed by atoms with Crippen LogP contribution in [0.15, 0.2) is 29.8 Å². The molecule has 180 valence electrons. The maximum absolute atomic E-state index is 13.2. The lowest BCUT2D eigenvalue weighted by Crippen LogP contribution is -2.46. The summed E-state index contributed by atoms with van der Waals surface area (Å²) < 4.78 is 9.79. The van der Waals surface area contributed by atoms with Gasteiger partial charge in [0.05, 0.1) is 11.8 Å². The van der Waals surface area contributed by atoms with E-state index in [9.17, 15) is 9.90 Å². The molecule has 1 aliphatic carbocycles. The van der Waals surface area contributed by atoms with Gasteiger partial charge in [-0.25, -0.2) is 14.3 Å². The van der Waals surface area contributed by atoms with Gasteiger partial charge in [-0.2, -0.15) is 10.1 Å². The van der Waals surface area contributed by atoms with E-state index in [1.165, 1.54) is 0 Å². The normalized spacial score (nSPS) is 21.6. The average molecular weight is 465 g/mol. The van der Waals surface area contributed by atoms with E-state index in [4.69, 9.17) is 4.74 Å². The SMILES string of the molecule is CCn1cc(CCC2(C3CCCC3)CC(O)=C(Cc3nc4nc(C)cc(C)n4n3)C(=O)O2)cn1. The summed E-state index contributed by atoms with van der Waals surface area (Å²) in [4.78, 5) is 22.1. The second-order valence-electron chi connectivity index (χ2n) is 9.70. The zero-order valence-electron chi connectivity index (χ0n) is 20.1. The van der Waals surface area contributed by atoms with Crippen LogP contribution >= 0.6 is 0 Å². The monoisotopic (exact) mass is 464 g/mol. The van der Waals surface area contributed by atoms with Crippen LogP contribution in [0.3, 0.4) is 0 Å². The molecule has 9 nitrogen and oxygen atoms in total.